The molecule has 0 unspecified atom stereocenters. The molecule has 20 heavy (non-hydrogen) atoms. The van der Waals surface area contributed by atoms with E-state index in [1.165, 1.54) is 0 Å². The monoisotopic (exact) mass is 278 g/mol. The van der Waals surface area contributed by atoms with E-state index in [0.717, 1.165) is 18.5 Å². The van der Waals surface area contributed by atoms with E-state index in [2.05, 4.69) is 20.8 Å². The van der Waals surface area contributed by atoms with Gasteiger partial charge in [0.2, 0.25) is 5.91 Å². The second-order valence-electron chi connectivity index (χ2n) is 6.03. The van der Waals surface area contributed by atoms with Crippen LogP contribution in [0.25, 0.3) is 0 Å². The predicted octanol–water partition coefficient (Wildman–Crippen LogP) is 2.16. The number of carbonyl (C=O) groups is 1. The van der Waals surface area contributed by atoms with Gasteiger partial charge in [0, 0.05) is 13.1 Å². The highest BCUT2D eigenvalue weighted by atomic mass is 16.3. The van der Waals surface area contributed by atoms with Crippen molar-refractivity contribution < 1.29 is 9.90 Å². The zero-order valence-corrected chi connectivity index (χ0v) is 12.7. The predicted molar refractivity (Wildman–Crippen MR) is 81.5 cm³/mol. The quantitative estimate of drug-likeness (QED) is 0.803. The van der Waals surface area contributed by atoms with Crippen LogP contribution in [-0.2, 0) is 11.2 Å². The van der Waals surface area contributed by atoms with Crippen LogP contribution in [0.3, 0.4) is 0 Å². The van der Waals surface area contributed by atoms with Crippen LogP contribution in [0.1, 0.15) is 32.8 Å². The summed E-state index contributed by atoms with van der Waals surface area (Å²) in [6, 6.07) is 6.78. The van der Waals surface area contributed by atoms with Gasteiger partial charge in [-0.3, -0.25) is 4.79 Å². The van der Waals surface area contributed by atoms with Crippen LogP contribution in [-0.4, -0.2) is 35.5 Å². The summed E-state index contributed by atoms with van der Waals surface area (Å²) < 4.78 is 0. The molecule has 0 radical (unpaired) electrons. The molecule has 0 aromatic heterocycles. The lowest BCUT2D eigenvalue weighted by molar-refractivity contribution is -0.131. The Hall–Kier alpha value is -1.55. The van der Waals surface area contributed by atoms with Crippen molar-refractivity contribution >= 4 is 5.91 Å². The highest BCUT2D eigenvalue weighted by molar-refractivity contribution is 5.78. The van der Waals surface area contributed by atoms with Crippen LogP contribution in [0.15, 0.2) is 24.3 Å². The summed E-state index contributed by atoms with van der Waals surface area (Å²) in [5, 5.41) is 9.26. The maximum absolute atomic E-state index is 12.4. The van der Waals surface area contributed by atoms with Crippen molar-refractivity contribution in [2.75, 3.05) is 19.6 Å². The van der Waals surface area contributed by atoms with Crippen LogP contribution in [0, 0.1) is 5.41 Å². The lowest BCUT2D eigenvalue weighted by Crippen LogP contribution is -2.43. The summed E-state index contributed by atoms with van der Waals surface area (Å²) in [6.07, 6.45) is 1.29. The number of nitrogens with two attached hydrogens (primary N) is 1. The molecule has 1 amide bonds. The summed E-state index contributed by atoms with van der Waals surface area (Å²) in [5.74, 6) is 0.329. The van der Waals surface area contributed by atoms with Crippen molar-refractivity contribution in [3.63, 3.8) is 0 Å². The molecule has 0 aliphatic carbocycles. The number of rotatable bonds is 7. The minimum atomic E-state index is -0.0697. The van der Waals surface area contributed by atoms with Gasteiger partial charge in [-0.2, -0.15) is 0 Å². The molecule has 1 aromatic rings. The number of aromatic hydroxyl groups is 1. The number of phenolic OH excluding ortho intramolecular Hbond substituents is 1. The minimum absolute atomic E-state index is 0.0697. The van der Waals surface area contributed by atoms with Crippen molar-refractivity contribution in [2.45, 2.75) is 33.6 Å². The molecular weight excluding hydrogens is 252 g/mol. The average Bonchev–Trinajstić information content (AvgIpc) is 2.40. The number of amides is 1. The number of phenols is 1. The fourth-order valence-electron chi connectivity index (χ4n) is 2.04. The Morgan fingerprint density at radius 1 is 1.30 bits per heavy atom. The van der Waals surface area contributed by atoms with Crippen LogP contribution in [0.5, 0.6) is 5.75 Å². The molecule has 0 aliphatic heterocycles. The molecule has 4 nitrogen and oxygen atoms in total. The Morgan fingerprint density at radius 3 is 2.40 bits per heavy atom. The fourth-order valence-corrected chi connectivity index (χ4v) is 2.04. The van der Waals surface area contributed by atoms with E-state index >= 15 is 0 Å². The third kappa shape index (κ3) is 5.21. The summed E-state index contributed by atoms with van der Waals surface area (Å²) in [7, 11) is 0. The normalized spacial score (nSPS) is 11.4. The van der Waals surface area contributed by atoms with Crippen LogP contribution in [0.4, 0.5) is 0 Å². The van der Waals surface area contributed by atoms with E-state index < -0.39 is 0 Å². The summed E-state index contributed by atoms with van der Waals surface area (Å²) in [4.78, 5) is 14.3. The molecule has 112 valence electrons. The first-order chi connectivity index (χ1) is 9.38. The Balaban J connectivity index is 2.71. The molecule has 4 heteroatoms. The third-order valence-corrected chi connectivity index (χ3v) is 3.31. The van der Waals surface area contributed by atoms with Crippen LogP contribution in [0.2, 0.25) is 0 Å². The van der Waals surface area contributed by atoms with Gasteiger partial charge in [-0.1, -0.05) is 32.9 Å². The molecular formula is C16H26N2O2. The van der Waals surface area contributed by atoms with E-state index in [1.54, 1.807) is 24.3 Å². The maximum atomic E-state index is 12.4. The average molecular weight is 278 g/mol. The van der Waals surface area contributed by atoms with E-state index in [4.69, 9.17) is 5.73 Å². The van der Waals surface area contributed by atoms with Gasteiger partial charge in [0.1, 0.15) is 5.75 Å². The first-order valence-electron chi connectivity index (χ1n) is 7.13. The molecule has 0 atom stereocenters. The van der Waals surface area contributed by atoms with Gasteiger partial charge >= 0.3 is 0 Å². The highest BCUT2D eigenvalue weighted by Crippen LogP contribution is 2.17. The third-order valence-electron chi connectivity index (χ3n) is 3.31. The molecule has 0 saturated heterocycles. The maximum Gasteiger partial charge on any atom is 0.227 e. The van der Waals surface area contributed by atoms with Crippen LogP contribution < -0.4 is 5.73 Å². The number of hydrogen-bond donors (Lipinski definition) is 2. The van der Waals surface area contributed by atoms with Gasteiger partial charge < -0.3 is 15.7 Å². The smallest absolute Gasteiger partial charge is 0.227 e. The van der Waals surface area contributed by atoms with Crippen molar-refractivity contribution in [1.82, 2.24) is 4.90 Å². The number of carbonyl (C=O) groups excluding carboxylic acids is 1. The first kappa shape index (κ1) is 16.5. The van der Waals surface area contributed by atoms with Gasteiger partial charge in [-0.25, -0.2) is 0 Å². The fraction of sp³-hybridized carbons (Fsp3) is 0.562. The van der Waals surface area contributed by atoms with E-state index in [-0.39, 0.29) is 17.1 Å². The Labute approximate surface area is 121 Å². The molecule has 0 fully saturated rings. The van der Waals surface area contributed by atoms with Crippen molar-refractivity contribution in [3.8, 4) is 5.75 Å². The van der Waals surface area contributed by atoms with E-state index in [1.807, 2.05) is 4.90 Å². The number of benzene rings is 1. The first-order valence-corrected chi connectivity index (χ1v) is 7.13. The largest absolute Gasteiger partial charge is 0.508 e. The zero-order valence-electron chi connectivity index (χ0n) is 12.7. The lowest BCUT2D eigenvalue weighted by atomic mass is 9.92. The Morgan fingerprint density at radius 2 is 1.90 bits per heavy atom. The van der Waals surface area contributed by atoms with Crippen LogP contribution >= 0.6 is 0 Å². The SMILES string of the molecule is CCCN(CC(C)(C)CN)C(=O)Cc1ccc(O)cc1. The van der Waals surface area contributed by atoms with Crippen molar-refractivity contribution in [2.24, 2.45) is 11.1 Å². The zero-order chi connectivity index (χ0) is 15.2. The topological polar surface area (TPSA) is 66.6 Å². The summed E-state index contributed by atoms with van der Waals surface area (Å²) >= 11 is 0. The number of hydrogen-bond acceptors (Lipinski definition) is 3. The summed E-state index contributed by atoms with van der Waals surface area (Å²) in [5.41, 5.74) is 6.60. The molecule has 0 heterocycles. The second-order valence-corrected chi connectivity index (χ2v) is 6.03. The Bertz CT molecular complexity index is 427. The molecule has 0 aliphatic rings. The lowest BCUT2D eigenvalue weighted by Gasteiger charge is -2.32. The Kier molecular flexibility index (Phi) is 6.02. The van der Waals surface area contributed by atoms with Crippen molar-refractivity contribution in [1.29, 1.82) is 0 Å². The second kappa shape index (κ2) is 7.29. The molecule has 1 aromatic carbocycles. The summed E-state index contributed by atoms with van der Waals surface area (Å²) in [6.45, 7) is 8.19. The molecule has 0 bridgehead atoms. The molecule has 0 saturated carbocycles. The van der Waals surface area contributed by atoms with E-state index in [9.17, 15) is 9.90 Å². The van der Waals surface area contributed by atoms with Gasteiger partial charge in [0.05, 0.1) is 6.42 Å². The number of nitrogens with zero attached hydrogens (tertiary/aromatic N) is 1. The van der Waals surface area contributed by atoms with E-state index in [0.29, 0.717) is 19.5 Å². The van der Waals surface area contributed by atoms with Gasteiger partial charge in [0.15, 0.2) is 0 Å². The molecule has 0 spiro atoms. The highest BCUT2D eigenvalue weighted by Gasteiger charge is 2.23. The molecule has 3 N–H and O–H groups in total. The molecule has 1 rings (SSSR count). The van der Waals surface area contributed by atoms with Gasteiger partial charge in [-0.05, 0) is 36.1 Å². The standard InChI is InChI=1S/C16H26N2O2/c1-4-9-18(12-16(2,3)11-17)15(20)10-13-5-7-14(19)8-6-13/h5-8,19H,4,9-12,17H2,1-3H3. The van der Waals surface area contributed by atoms with Gasteiger partial charge in [0.25, 0.3) is 0 Å². The van der Waals surface area contributed by atoms with Gasteiger partial charge in [-0.15, -0.1) is 0 Å². The minimum Gasteiger partial charge on any atom is -0.508 e. The van der Waals surface area contributed by atoms with Crippen molar-refractivity contribution in [3.05, 3.63) is 29.8 Å².